The number of carbonyl (C=O) groups excluding carboxylic acids is 1. The van der Waals surface area contributed by atoms with Gasteiger partial charge in [-0.05, 0) is 37.1 Å². The van der Waals surface area contributed by atoms with Crippen molar-refractivity contribution in [1.82, 2.24) is 5.32 Å². The molecular formula is C17H16F2N2O4. The summed E-state index contributed by atoms with van der Waals surface area (Å²) in [5.41, 5.74) is 0.420. The molecule has 1 N–H and O–H groups in total. The Kier molecular flexibility index (Phi) is 5.99. The number of hydrogen-bond donors (Lipinski definition) is 1. The number of hydrogen-bond acceptors (Lipinski definition) is 4. The highest BCUT2D eigenvalue weighted by Crippen LogP contribution is 2.28. The molecule has 1 unspecified atom stereocenters. The molecule has 2 aromatic rings. The number of nitrogens with zero attached hydrogens (tertiary/aromatic N) is 1. The van der Waals surface area contributed by atoms with Gasteiger partial charge >= 0.3 is 5.69 Å². The van der Waals surface area contributed by atoms with Crippen LogP contribution in [0.2, 0.25) is 0 Å². The summed E-state index contributed by atoms with van der Waals surface area (Å²) in [7, 11) is 0. The van der Waals surface area contributed by atoms with Gasteiger partial charge in [0.2, 0.25) is 5.75 Å². The molecule has 8 heteroatoms. The summed E-state index contributed by atoms with van der Waals surface area (Å²) < 4.78 is 31.3. The van der Waals surface area contributed by atoms with Crippen molar-refractivity contribution in [3.8, 4) is 5.75 Å². The first-order chi connectivity index (χ1) is 11.9. The molecule has 6 nitrogen and oxygen atoms in total. The molecule has 0 saturated carbocycles. The number of nitro groups is 1. The average molecular weight is 350 g/mol. The number of halogens is 2. The van der Waals surface area contributed by atoms with Crippen molar-refractivity contribution in [2.45, 2.75) is 19.4 Å². The van der Waals surface area contributed by atoms with E-state index in [1.807, 2.05) is 0 Å². The molecule has 1 amide bonds. The van der Waals surface area contributed by atoms with Crippen LogP contribution in [0, 0.1) is 21.7 Å². The zero-order chi connectivity index (χ0) is 18.4. The predicted octanol–water partition coefficient (Wildman–Crippen LogP) is 3.00. The van der Waals surface area contributed by atoms with Crippen molar-refractivity contribution in [2.75, 3.05) is 6.54 Å². The summed E-state index contributed by atoms with van der Waals surface area (Å²) in [4.78, 5) is 22.2. The molecule has 0 radical (unpaired) electrons. The number of ether oxygens (including phenoxy) is 1. The highest BCUT2D eigenvalue weighted by Gasteiger charge is 2.21. The Balaban J connectivity index is 1.91. The second-order valence-electron chi connectivity index (χ2n) is 5.30. The first-order valence-corrected chi connectivity index (χ1v) is 7.49. The van der Waals surface area contributed by atoms with Crippen molar-refractivity contribution in [1.29, 1.82) is 0 Å². The quantitative estimate of drug-likeness (QED) is 0.615. The lowest BCUT2D eigenvalue weighted by Crippen LogP contribution is -2.37. The van der Waals surface area contributed by atoms with E-state index in [1.165, 1.54) is 19.1 Å². The number of carbonyl (C=O) groups is 1. The average Bonchev–Trinajstić information content (AvgIpc) is 2.56. The standard InChI is InChI=1S/C17H16F2N2O4/c1-11(25-16-10-14(19)6-7-15(16)21(23)24)17(22)20-9-8-12-2-4-13(18)5-3-12/h2-7,10-11H,8-9H2,1H3,(H,20,22). The highest BCUT2D eigenvalue weighted by molar-refractivity contribution is 5.80. The molecule has 0 spiro atoms. The monoisotopic (exact) mass is 350 g/mol. The molecule has 0 aliphatic heterocycles. The summed E-state index contributed by atoms with van der Waals surface area (Å²) in [5.74, 6) is -1.86. The van der Waals surface area contributed by atoms with E-state index < -0.39 is 28.4 Å². The lowest BCUT2D eigenvalue weighted by molar-refractivity contribution is -0.386. The van der Waals surface area contributed by atoms with E-state index in [-0.39, 0.29) is 18.1 Å². The fourth-order valence-corrected chi connectivity index (χ4v) is 2.10. The number of nitro benzene ring substituents is 1. The molecule has 0 aliphatic rings. The van der Waals surface area contributed by atoms with Gasteiger partial charge in [0.25, 0.3) is 5.91 Å². The Labute approximate surface area is 142 Å². The maximum Gasteiger partial charge on any atom is 0.311 e. The van der Waals surface area contributed by atoms with Gasteiger partial charge in [0.05, 0.1) is 4.92 Å². The molecular weight excluding hydrogens is 334 g/mol. The molecule has 132 valence electrons. The molecule has 2 aromatic carbocycles. The summed E-state index contributed by atoms with van der Waals surface area (Å²) >= 11 is 0. The number of benzene rings is 2. The highest BCUT2D eigenvalue weighted by atomic mass is 19.1. The topological polar surface area (TPSA) is 81.5 Å². The maximum absolute atomic E-state index is 13.3. The van der Waals surface area contributed by atoms with Crippen LogP contribution in [-0.2, 0) is 11.2 Å². The van der Waals surface area contributed by atoms with Crippen LogP contribution in [0.5, 0.6) is 5.75 Å². The van der Waals surface area contributed by atoms with Crippen LogP contribution in [0.25, 0.3) is 0 Å². The summed E-state index contributed by atoms with van der Waals surface area (Å²) in [5, 5.41) is 13.5. The van der Waals surface area contributed by atoms with E-state index >= 15 is 0 Å². The van der Waals surface area contributed by atoms with Crippen molar-refractivity contribution < 1.29 is 23.2 Å². The van der Waals surface area contributed by atoms with E-state index in [1.54, 1.807) is 12.1 Å². The molecule has 2 rings (SSSR count). The summed E-state index contributed by atoms with van der Waals surface area (Å²) in [6, 6.07) is 8.65. The van der Waals surface area contributed by atoms with Crippen molar-refractivity contribution >= 4 is 11.6 Å². The normalized spacial score (nSPS) is 11.6. The zero-order valence-electron chi connectivity index (χ0n) is 13.4. The minimum absolute atomic E-state index is 0.281. The summed E-state index contributed by atoms with van der Waals surface area (Å²) in [6.07, 6.45) is -0.563. The van der Waals surface area contributed by atoms with Gasteiger partial charge in [0, 0.05) is 18.7 Å². The molecule has 1 atom stereocenters. The van der Waals surface area contributed by atoms with Gasteiger partial charge in [0.15, 0.2) is 6.10 Å². The van der Waals surface area contributed by atoms with Gasteiger partial charge in [-0.15, -0.1) is 0 Å². The molecule has 0 heterocycles. The smallest absolute Gasteiger partial charge is 0.311 e. The van der Waals surface area contributed by atoms with Crippen molar-refractivity contribution in [3.05, 3.63) is 69.8 Å². The first kappa shape index (κ1) is 18.3. The van der Waals surface area contributed by atoms with E-state index in [0.29, 0.717) is 6.42 Å². The fraction of sp³-hybridized carbons (Fsp3) is 0.235. The third-order valence-electron chi connectivity index (χ3n) is 3.42. The van der Waals surface area contributed by atoms with Crippen LogP contribution < -0.4 is 10.1 Å². The minimum Gasteiger partial charge on any atom is -0.474 e. The Bertz CT molecular complexity index is 766. The van der Waals surface area contributed by atoms with Crippen molar-refractivity contribution in [3.63, 3.8) is 0 Å². The van der Waals surface area contributed by atoms with Crippen LogP contribution in [0.15, 0.2) is 42.5 Å². The van der Waals surface area contributed by atoms with E-state index in [4.69, 9.17) is 4.74 Å². The molecule has 0 aromatic heterocycles. The van der Waals surface area contributed by atoms with Gasteiger partial charge in [-0.2, -0.15) is 0 Å². The van der Waals surface area contributed by atoms with Gasteiger partial charge < -0.3 is 10.1 Å². The van der Waals surface area contributed by atoms with Gasteiger partial charge in [0.1, 0.15) is 11.6 Å². The molecule has 25 heavy (non-hydrogen) atoms. The molecule has 0 aliphatic carbocycles. The Morgan fingerprint density at radius 2 is 1.84 bits per heavy atom. The minimum atomic E-state index is -1.05. The van der Waals surface area contributed by atoms with Crippen LogP contribution in [-0.4, -0.2) is 23.5 Å². The largest absolute Gasteiger partial charge is 0.474 e. The lowest BCUT2D eigenvalue weighted by Gasteiger charge is -2.14. The Morgan fingerprint density at radius 1 is 1.20 bits per heavy atom. The zero-order valence-corrected chi connectivity index (χ0v) is 13.4. The number of rotatable bonds is 7. The maximum atomic E-state index is 13.3. The van der Waals surface area contributed by atoms with Gasteiger partial charge in [-0.1, -0.05) is 12.1 Å². The Morgan fingerprint density at radius 3 is 2.48 bits per heavy atom. The summed E-state index contributed by atoms with van der Waals surface area (Å²) in [6.45, 7) is 1.69. The third kappa shape index (κ3) is 5.23. The molecule has 0 saturated heterocycles. The number of amides is 1. The van der Waals surface area contributed by atoms with E-state index in [9.17, 15) is 23.7 Å². The van der Waals surface area contributed by atoms with Crippen LogP contribution in [0.4, 0.5) is 14.5 Å². The van der Waals surface area contributed by atoms with Crippen LogP contribution in [0.1, 0.15) is 12.5 Å². The lowest BCUT2D eigenvalue weighted by atomic mass is 10.1. The SMILES string of the molecule is CC(Oc1cc(F)ccc1[N+](=O)[O-])C(=O)NCCc1ccc(F)cc1. The Hall–Kier alpha value is -3.03. The second-order valence-corrected chi connectivity index (χ2v) is 5.30. The first-order valence-electron chi connectivity index (χ1n) is 7.49. The van der Waals surface area contributed by atoms with Crippen LogP contribution >= 0.6 is 0 Å². The predicted molar refractivity (Wildman–Crippen MR) is 86.3 cm³/mol. The molecule has 0 bridgehead atoms. The fourth-order valence-electron chi connectivity index (χ4n) is 2.10. The third-order valence-corrected chi connectivity index (χ3v) is 3.42. The second kappa shape index (κ2) is 8.18. The molecule has 0 fully saturated rings. The van der Waals surface area contributed by atoms with Crippen molar-refractivity contribution in [2.24, 2.45) is 0 Å². The van der Waals surface area contributed by atoms with E-state index in [0.717, 1.165) is 23.8 Å². The van der Waals surface area contributed by atoms with Crippen LogP contribution in [0.3, 0.4) is 0 Å². The van der Waals surface area contributed by atoms with E-state index in [2.05, 4.69) is 5.32 Å². The van der Waals surface area contributed by atoms with Gasteiger partial charge in [-0.3, -0.25) is 14.9 Å². The number of nitrogens with one attached hydrogen (secondary N) is 1. The van der Waals surface area contributed by atoms with Gasteiger partial charge in [-0.25, -0.2) is 8.78 Å².